The van der Waals surface area contributed by atoms with Gasteiger partial charge in [-0.15, -0.1) is 0 Å². The molecular weight excluding hydrogens is 396 g/mol. The number of para-hydroxylation sites is 1. The third-order valence-corrected chi connectivity index (χ3v) is 7.98. The molecule has 1 aromatic rings. The van der Waals surface area contributed by atoms with Crippen LogP contribution in [0.15, 0.2) is 24.3 Å². The van der Waals surface area contributed by atoms with Crippen molar-refractivity contribution in [3.63, 3.8) is 0 Å². The molecule has 4 aliphatic heterocycles. The number of nitrogens with zero attached hydrogens (tertiary/aromatic N) is 1. The van der Waals surface area contributed by atoms with Gasteiger partial charge in [0.25, 0.3) is 5.91 Å². The van der Waals surface area contributed by atoms with Crippen LogP contribution in [0.5, 0.6) is 5.75 Å². The summed E-state index contributed by atoms with van der Waals surface area (Å²) in [6.45, 7) is 1.50. The average Bonchev–Trinajstić information content (AvgIpc) is 3.48. The summed E-state index contributed by atoms with van der Waals surface area (Å²) in [5, 5.41) is 3.16. The van der Waals surface area contributed by atoms with Crippen molar-refractivity contribution in [3.8, 4) is 5.75 Å². The van der Waals surface area contributed by atoms with Gasteiger partial charge in [-0.05, 0) is 49.7 Å². The summed E-state index contributed by atoms with van der Waals surface area (Å²) in [4.78, 5) is 27.9. The molecule has 2 bridgehead atoms. The molecule has 1 aromatic carbocycles. The highest BCUT2D eigenvalue weighted by Crippen LogP contribution is 2.48. The predicted octanol–water partition coefficient (Wildman–Crippen LogP) is 2.14. The molecule has 2 unspecified atom stereocenters. The molecule has 166 valence electrons. The van der Waals surface area contributed by atoms with E-state index < -0.39 is 11.1 Å². The zero-order chi connectivity index (χ0) is 21.1. The van der Waals surface area contributed by atoms with Crippen LogP contribution >= 0.6 is 0 Å². The number of hydrogen-bond acceptors (Lipinski definition) is 5. The fourth-order valence-electron chi connectivity index (χ4n) is 6.05. The Labute approximate surface area is 182 Å². The minimum Gasteiger partial charge on any atom is -0.477 e. The van der Waals surface area contributed by atoms with Crippen molar-refractivity contribution in [1.82, 2.24) is 10.2 Å². The molecule has 4 heterocycles. The third kappa shape index (κ3) is 3.24. The lowest BCUT2D eigenvalue weighted by molar-refractivity contribution is -0.148. The van der Waals surface area contributed by atoms with E-state index in [2.05, 4.69) is 17.4 Å². The zero-order valence-electron chi connectivity index (χ0n) is 17.8. The van der Waals surface area contributed by atoms with Gasteiger partial charge in [0.1, 0.15) is 12.4 Å². The first-order chi connectivity index (χ1) is 15.1. The van der Waals surface area contributed by atoms with Gasteiger partial charge in [-0.25, -0.2) is 0 Å². The number of ether oxygens (including phenoxy) is 3. The first kappa shape index (κ1) is 19.6. The Kier molecular flexibility index (Phi) is 4.54. The molecule has 2 atom stereocenters. The Hall–Kier alpha value is -2.12. The highest BCUT2D eigenvalue weighted by Gasteiger charge is 2.60. The Morgan fingerprint density at radius 3 is 2.61 bits per heavy atom. The minimum absolute atomic E-state index is 0.0270. The van der Waals surface area contributed by atoms with E-state index in [1.54, 1.807) is 0 Å². The number of nitrogens with one attached hydrogen (secondary N) is 1. The van der Waals surface area contributed by atoms with E-state index >= 15 is 0 Å². The van der Waals surface area contributed by atoms with Crippen molar-refractivity contribution in [1.29, 1.82) is 0 Å². The third-order valence-electron chi connectivity index (χ3n) is 7.98. The first-order valence-corrected chi connectivity index (χ1v) is 11.7. The van der Waals surface area contributed by atoms with E-state index in [0.717, 1.165) is 44.3 Å². The van der Waals surface area contributed by atoms with Gasteiger partial charge in [0.15, 0.2) is 5.60 Å². The van der Waals surface area contributed by atoms with Gasteiger partial charge in [0.2, 0.25) is 5.91 Å². The average molecular weight is 427 g/mol. The van der Waals surface area contributed by atoms with Crippen molar-refractivity contribution >= 4 is 11.8 Å². The second kappa shape index (κ2) is 7.20. The fourth-order valence-corrected chi connectivity index (χ4v) is 6.05. The molecule has 7 rings (SSSR count). The Balaban J connectivity index is 1.37. The summed E-state index contributed by atoms with van der Waals surface area (Å²) in [6.07, 6.45) is 6.45. The quantitative estimate of drug-likeness (QED) is 0.688. The van der Waals surface area contributed by atoms with Crippen molar-refractivity contribution in [2.75, 3.05) is 26.4 Å². The Bertz CT molecular complexity index is 892. The predicted molar refractivity (Wildman–Crippen MR) is 112 cm³/mol. The molecule has 1 N–H and O–H groups in total. The van der Waals surface area contributed by atoms with Crippen LogP contribution < -0.4 is 10.1 Å². The number of hydrogen-bond donors (Lipinski definition) is 1. The normalized spacial score (nSPS) is 36.6. The summed E-state index contributed by atoms with van der Waals surface area (Å²) in [5.74, 6) is 1.21. The van der Waals surface area contributed by atoms with Crippen LogP contribution in [-0.2, 0) is 19.1 Å². The molecule has 31 heavy (non-hydrogen) atoms. The summed E-state index contributed by atoms with van der Waals surface area (Å²) in [5.41, 5.74) is -0.136. The van der Waals surface area contributed by atoms with E-state index in [9.17, 15) is 9.59 Å². The molecule has 2 aliphatic carbocycles. The van der Waals surface area contributed by atoms with Crippen LogP contribution in [0.2, 0.25) is 0 Å². The van der Waals surface area contributed by atoms with E-state index in [0.29, 0.717) is 32.1 Å². The molecule has 2 saturated heterocycles. The zero-order valence-corrected chi connectivity index (χ0v) is 17.8. The number of fused-ring (bicyclic) bond motifs is 3. The monoisotopic (exact) mass is 426 g/mol. The van der Waals surface area contributed by atoms with E-state index in [4.69, 9.17) is 14.2 Å². The number of carbonyl (C=O) groups is 2. The van der Waals surface area contributed by atoms with E-state index in [-0.39, 0.29) is 30.6 Å². The van der Waals surface area contributed by atoms with Gasteiger partial charge < -0.3 is 24.4 Å². The molecule has 0 radical (unpaired) electrons. The van der Waals surface area contributed by atoms with Crippen molar-refractivity contribution in [2.24, 2.45) is 0 Å². The van der Waals surface area contributed by atoms with Gasteiger partial charge >= 0.3 is 0 Å². The maximum absolute atomic E-state index is 13.8. The highest BCUT2D eigenvalue weighted by molar-refractivity contribution is 5.89. The van der Waals surface area contributed by atoms with Crippen molar-refractivity contribution in [3.05, 3.63) is 29.8 Å². The summed E-state index contributed by atoms with van der Waals surface area (Å²) < 4.78 is 18.6. The van der Waals surface area contributed by atoms with Crippen LogP contribution in [0.1, 0.15) is 56.4 Å². The minimum atomic E-state index is -0.786. The number of rotatable bonds is 0. The van der Waals surface area contributed by atoms with Crippen molar-refractivity contribution < 1.29 is 23.8 Å². The van der Waals surface area contributed by atoms with Gasteiger partial charge in [-0.2, -0.15) is 0 Å². The Morgan fingerprint density at radius 2 is 1.84 bits per heavy atom. The van der Waals surface area contributed by atoms with Gasteiger partial charge in [0.05, 0.1) is 30.9 Å². The van der Waals surface area contributed by atoms with Crippen LogP contribution in [0, 0.1) is 0 Å². The molecule has 7 nitrogen and oxygen atoms in total. The van der Waals surface area contributed by atoms with Gasteiger partial charge in [-0.1, -0.05) is 18.2 Å². The van der Waals surface area contributed by atoms with Crippen LogP contribution in [0.3, 0.4) is 0 Å². The maximum atomic E-state index is 13.8. The molecule has 2 amide bonds. The van der Waals surface area contributed by atoms with E-state index in [1.807, 2.05) is 17.0 Å². The topological polar surface area (TPSA) is 77.1 Å². The second-order valence-corrected chi connectivity index (χ2v) is 9.90. The van der Waals surface area contributed by atoms with Gasteiger partial charge in [0, 0.05) is 19.4 Å². The first-order valence-electron chi connectivity index (χ1n) is 11.7. The standard InChI is InChI=1S/C24H30N2O5/c27-21-14-29-15-23(25-21)11-12-26-20(23)13-30-17-7-5-16(6-8-17)18-3-1-2-4-19(18)31-24(9-10-24)22(26)28/h1-4,16-17,20H,5-15H2,(H,25,27). The molecule has 4 fully saturated rings. The lowest BCUT2D eigenvalue weighted by Gasteiger charge is -2.42. The lowest BCUT2D eigenvalue weighted by atomic mass is 9.82. The fraction of sp³-hybridized carbons (Fsp3) is 0.667. The lowest BCUT2D eigenvalue weighted by Crippen LogP contribution is -2.65. The maximum Gasteiger partial charge on any atom is 0.267 e. The summed E-state index contributed by atoms with van der Waals surface area (Å²) in [7, 11) is 0. The second-order valence-electron chi connectivity index (χ2n) is 9.90. The smallest absolute Gasteiger partial charge is 0.267 e. The number of amides is 2. The van der Waals surface area contributed by atoms with Crippen LogP contribution in [-0.4, -0.2) is 66.4 Å². The van der Waals surface area contributed by atoms with Crippen molar-refractivity contribution in [2.45, 2.75) is 74.1 Å². The van der Waals surface area contributed by atoms with E-state index in [1.165, 1.54) is 5.56 Å². The SMILES string of the molecule is O=C1COCC2(CCN3C(=O)C4(CC4)Oc4ccccc4C4CCC(CC4)OCC32)N1. The van der Waals surface area contributed by atoms with Gasteiger partial charge in [-0.3, -0.25) is 9.59 Å². The number of carbonyl (C=O) groups excluding carboxylic acids is 2. The van der Waals surface area contributed by atoms with Crippen LogP contribution in [0.4, 0.5) is 0 Å². The molecule has 7 heteroatoms. The molecule has 2 saturated carbocycles. The number of benzene rings is 1. The summed E-state index contributed by atoms with van der Waals surface area (Å²) in [6, 6.07) is 8.00. The number of morpholine rings is 1. The molecule has 6 aliphatic rings. The van der Waals surface area contributed by atoms with Crippen LogP contribution in [0.25, 0.3) is 0 Å². The molecular formula is C24H30N2O5. The molecule has 0 aromatic heterocycles. The molecule has 2 spiro atoms. The Morgan fingerprint density at radius 1 is 1.03 bits per heavy atom. The summed E-state index contributed by atoms with van der Waals surface area (Å²) >= 11 is 0. The largest absolute Gasteiger partial charge is 0.477 e. The highest BCUT2D eigenvalue weighted by atomic mass is 16.5.